The lowest BCUT2D eigenvalue weighted by Gasteiger charge is -2.23. The summed E-state index contributed by atoms with van der Waals surface area (Å²) in [6, 6.07) is 6.51. The van der Waals surface area contributed by atoms with Gasteiger partial charge in [-0.2, -0.15) is 0 Å². The van der Waals surface area contributed by atoms with Gasteiger partial charge < -0.3 is 15.3 Å². The number of carbonyl (C=O) groups excluding carboxylic acids is 2. The first-order valence-electron chi connectivity index (χ1n) is 8.37. The van der Waals surface area contributed by atoms with Crippen LogP contribution in [-0.4, -0.2) is 40.4 Å². The standard InChI is InChI=1S/C18H20N2O4S/c1-2-4-16(21)20-8-3-5-13(20)17(22)19-12-6-7-14-11(9-12)10-15(25-14)18(23)24/h6-7,9-10,13H,2-5,8H2,1H3,(H,19,22)(H,23,24). The van der Waals surface area contributed by atoms with Gasteiger partial charge in [0.05, 0.1) is 0 Å². The molecule has 1 aliphatic rings. The molecule has 0 spiro atoms. The van der Waals surface area contributed by atoms with Crippen molar-refractivity contribution in [3.05, 3.63) is 29.1 Å². The Morgan fingerprint density at radius 3 is 2.84 bits per heavy atom. The maximum Gasteiger partial charge on any atom is 0.345 e. The third-order valence-electron chi connectivity index (χ3n) is 4.33. The summed E-state index contributed by atoms with van der Waals surface area (Å²) < 4.78 is 0.857. The number of hydrogen-bond acceptors (Lipinski definition) is 4. The number of fused-ring (bicyclic) bond motifs is 1. The Balaban J connectivity index is 1.74. The van der Waals surface area contributed by atoms with Gasteiger partial charge in [0.15, 0.2) is 0 Å². The molecule has 0 bridgehead atoms. The van der Waals surface area contributed by atoms with Crippen molar-refractivity contribution >= 4 is 44.9 Å². The zero-order valence-corrected chi connectivity index (χ0v) is 14.8. The number of anilines is 1. The highest BCUT2D eigenvalue weighted by Crippen LogP contribution is 2.29. The molecule has 3 rings (SSSR count). The Kier molecular flexibility index (Phi) is 5.03. The summed E-state index contributed by atoms with van der Waals surface area (Å²) in [5.74, 6) is -1.11. The van der Waals surface area contributed by atoms with Crippen LogP contribution in [0.2, 0.25) is 0 Å². The second-order valence-corrected chi connectivity index (χ2v) is 7.24. The smallest absolute Gasteiger partial charge is 0.345 e. The van der Waals surface area contributed by atoms with Crippen LogP contribution in [0.15, 0.2) is 24.3 Å². The predicted octanol–water partition coefficient (Wildman–Crippen LogP) is 3.33. The van der Waals surface area contributed by atoms with Crippen LogP contribution in [0.5, 0.6) is 0 Å². The van der Waals surface area contributed by atoms with Gasteiger partial charge >= 0.3 is 5.97 Å². The molecule has 0 aliphatic carbocycles. The summed E-state index contributed by atoms with van der Waals surface area (Å²) in [4.78, 5) is 37.7. The van der Waals surface area contributed by atoms with Crippen molar-refractivity contribution in [2.45, 2.75) is 38.6 Å². The number of thiophene rings is 1. The lowest BCUT2D eigenvalue weighted by atomic mass is 10.1. The normalized spacial score (nSPS) is 17.0. The van der Waals surface area contributed by atoms with E-state index in [4.69, 9.17) is 5.11 Å². The van der Waals surface area contributed by atoms with Crippen molar-refractivity contribution in [3.63, 3.8) is 0 Å². The third kappa shape index (κ3) is 3.66. The van der Waals surface area contributed by atoms with Crippen molar-refractivity contribution in [1.82, 2.24) is 4.90 Å². The Morgan fingerprint density at radius 2 is 2.12 bits per heavy atom. The quantitative estimate of drug-likeness (QED) is 0.856. The van der Waals surface area contributed by atoms with Crippen LogP contribution >= 0.6 is 11.3 Å². The Labute approximate surface area is 149 Å². The average molecular weight is 360 g/mol. The fourth-order valence-electron chi connectivity index (χ4n) is 3.15. The van der Waals surface area contributed by atoms with Crippen molar-refractivity contribution in [2.75, 3.05) is 11.9 Å². The van der Waals surface area contributed by atoms with Gasteiger partial charge in [-0.25, -0.2) is 4.79 Å². The van der Waals surface area contributed by atoms with E-state index in [1.807, 2.05) is 6.92 Å². The van der Waals surface area contributed by atoms with E-state index in [1.54, 1.807) is 29.2 Å². The molecule has 2 N–H and O–H groups in total. The van der Waals surface area contributed by atoms with E-state index in [0.29, 0.717) is 25.1 Å². The minimum Gasteiger partial charge on any atom is -0.477 e. The fourth-order valence-corrected chi connectivity index (χ4v) is 4.03. The average Bonchev–Trinajstić information content (AvgIpc) is 3.21. The number of amides is 2. The number of aromatic carboxylic acids is 1. The van der Waals surface area contributed by atoms with Crippen molar-refractivity contribution < 1.29 is 19.5 Å². The van der Waals surface area contributed by atoms with Crippen LogP contribution in [-0.2, 0) is 9.59 Å². The molecular weight excluding hydrogens is 340 g/mol. The first-order chi connectivity index (χ1) is 12.0. The second-order valence-electron chi connectivity index (χ2n) is 6.15. The number of rotatable bonds is 5. The number of nitrogens with one attached hydrogen (secondary N) is 1. The fraction of sp³-hybridized carbons (Fsp3) is 0.389. The molecule has 1 atom stereocenters. The molecule has 25 heavy (non-hydrogen) atoms. The number of likely N-dealkylation sites (tertiary alicyclic amines) is 1. The summed E-state index contributed by atoms with van der Waals surface area (Å²) >= 11 is 1.20. The zero-order valence-electron chi connectivity index (χ0n) is 13.9. The zero-order chi connectivity index (χ0) is 18.0. The molecule has 0 saturated carbocycles. The van der Waals surface area contributed by atoms with Crippen molar-refractivity contribution in [1.29, 1.82) is 0 Å². The van der Waals surface area contributed by atoms with E-state index >= 15 is 0 Å². The topological polar surface area (TPSA) is 86.7 Å². The van der Waals surface area contributed by atoms with Gasteiger partial charge in [0.2, 0.25) is 11.8 Å². The molecule has 1 aromatic heterocycles. The van der Waals surface area contributed by atoms with Gasteiger partial charge in [-0.15, -0.1) is 11.3 Å². The van der Waals surface area contributed by atoms with Crippen LogP contribution in [0.4, 0.5) is 5.69 Å². The van der Waals surface area contributed by atoms with E-state index in [0.717, 1.165) is 22.9 Å². The second kappa shape index (κ2) is 7.23. The van der Waals surface area contributed by atoms with E-state index in [9.17, 15) is 14.4 Å². The largest absolute Gasteiger partial charge is 0.477 e. The number of hydrogen-bond donors (Lipinski definition) is 2. The van der Waals surface area contributed by atoms with Gasteiger partial charge in [0, 0.05) is 23.4 Å². The minimum atomic E-state index is -0.956. The number of nitrogens with zero attached hydrogens (tertiary/aromatic N) is 1. The van der Waals surface area contributed by atoms with Crippen LogP contribution in [0.25, 0.3) is 10.1 Å². The lowest BCUT2D eigenvalue weighted by Crippen LogP contribution is -2.43. The van der Waals surface area contributed by atoms with Gasteiger partial charge in [-0.3, -0.25) is 9.59 Å². The molecule has 2 heterocycles. The summed E-state index contributed by atoms with van der Waals surface area (Å²) in [6.07, 6.45) is 2.73. The minimum absolute atomic E-state index is 0.0273. The summed E-state index contributed by atoms with van der Waals surface area (Å²) in [6.45, 7) is 2.58. The van der Waals surface area contributed by atoms with E-state index in [2.05, 4.69) is 5.32 Å². The summed E-state index contributed by atoms with van der Waals surface area (Å²) in [5.41, 5.74) is 0.613. The van der Waals surface area contributed by atoms with Gasteiger partial charge in [0.1, 0.15) is 10.9 Å². The molecule has 2 aromatic rings. The first kappa shape index (κ1) is 17.4. The monoisotopic (exact) mass is 360 g/mol. The molecule has 1 unspecified atom stereocenters. The van der Waals surface area contributed by atoms with E-state index in [1.165, 1.54) is 11.3 Å². The van der Waals surface area contributed by atoms with Gasteiger partial charge in [0.25, 0.3) is 0 Å². The molecule has 132 valence electrons. The number of benzene rings is 1. The van der Waals surface area contributed by atoms with Crippen molar-refractivity contribution in [3.8, 4) is 0 Å². The predicted molar refractivity (Wildman–Crippen MR) is 97.1 cm³/mol. The van der Waals surface area contributed by atoms with Gasteiger partial charge in [-0.1, -0.05) is 6.92 Å². The van der Waals surface area contributed by atoms with Crippen molar-refractivity contribution in [2.24, 2.45) is 0 Å². The first-order valence-corrected chi connectivity index (χ1v) is 9.18. The Morgan fingerprint density at radius 1 is 1.32 bits per heavy atom. The highest BCUT2D eigenvalue weighted by atomic mass is 32.1. The molecule has 1 fully saturated rings. The Hall–Kier alpha value is -2.41. The SMILES string of the molecule is CCCC(=O)N1CCCC1C(=O)Nc1ccc2sc(C(=O)O)cc2c1. The molecular formula is C18H20N2O4S. The van der Waals surface area contributed by atoms with Crippen LogP contribution in [0.1, 0.15) is 42.3 Å². The maximum atomic E-state index is 12.6. The van der Waals surface area contributed by atoms with E-state index < -0.39 is 12.0 Å². The summed E-state index contributed by atoms with van der Waals surface area (Å²) in [5, 5.41) is 12.7. The summed E-state index contributed by atoms with van der Waals surface area (Å²) in [7, 11) is 0. The Bertz CT molecular complexity index is 830. The lowest BCUT2D eigenvalue weighted by molar-refractivity contribution is -0.136. The van der Waals surface area contributed by atoms with Crippen LogP contribution < -0.4 is 5.32 Å². The molecule has 2 amide bonds. The third-order valence-corrected chi connectivity index (χ3v) is 5.44. The molecule has 0 radical (unpaired) electrons. The molecule has 1 aliphatic heterocycles. The van der Waals surface area contributed by atoms with Gasteiger partial charge in [-0.05, 0) is 48.9 Å². The van der Waals surface area contributed by atoms with Crippen LogP contribution in [0.3, 0.4) is 0 Å². The molecule has 6 nitrogen and oxygen atoms in total. The molecule has 1 aromatic carbocycles. The van der Waals surface area contributed by atoms with E-state index in [-0.39, 0.29) is 16.7 Å². The highest BCUT2D eigenvalue weighted by molar-refractivity contribution is 7.20. The maximum absolute atomic E-state index is 12.6. The molecule has 7 heteroatoms. The number of carboxylic acid groups (broad SMARTS) is 1. The molecule has 1 saturated heterocycles. The van der Waals surface area contributed by atoms with Crippen LogP contribution in [0, 0.1) is 0 Å². The number of carboxylic acids is 1. The number of carbonyl (C=O) groups is 3. The highest BCUT2D eigenvalue weighted by Gasteiger charge is 2.33.